The standard InChI is InChI=1S/C48H69NO4S2/c1-47-19-18-36(51)23-44(47)45(52)25-40-38-16-17-42-41(39(38)24-43(40)47)27-49-26-32-11-14-33(13-10-30-7-4-3-5-8-30)37-15-12-31(9-6-20-50)21-34(37)28-54-55-29-35(22-32)46(49)48(42,2)53/h3-5,7-8,12,15,21,32-33,35-36,38-46,50-53H,6,9-11,13-14,16-20,22-29H2,1-2H3. The van der Waals surface area contributed by atoms with Crippen LogP contribution in [-0.2, 0) is 18.6 Å². The molecule has 55 heavy (non-hydrogen) atoms. The van der Waals surface area contributed by atoms with E-state index in [1.54, 1.807) is 5.56 Å². The Balaban J connectivity index is 0.967. The quantitative estimate of drug-likeness (QED) is 0.218. The van der Waals surface area contributed by atoms with Crippen molar-refractivity contribution in [2.45, 2.75) is 139 Å². The second kappa shape index (κ2) is 16.2. The molecule has 2 aromatic carbocycles. The van der Waals surface area contributed by atoms with Gasteiger partial charge in [-0.3, -0.25) is 4.90 Å². The van der Waals surface area contributed by atoms with Crippen LogP contribution in [0.15, 0.2) is 48.5 Å². The maximum absolute atomic E-state index is 13.0. The molecule has 2 saturated heterocycles. The minimum Gasteiger partial charge on any atom is -0.396 e. The number of hydrogen-bond acceptors (Lipinski definition) is 7. The summed E-state index contributed by atoms with van der Waals surface area (Å²) in [4.78, 5) is 2.85. The molecule has 302 valence electrons. The lowest BCUT2D eigenvalue weighted by Gasteiger charge is -2.62. The van der Waals surface area contributed by atoms with E-state index in [0.29, 0.717) is 53.3 Å². The van der Waals surface area contributed by atoms with Gasteiger partial charge in [-0.2, -0.15) is 0 Å². The molecule has 0 radical (unpaired) electrons. The first-order valence-electron chi connectivity index (χ1n) is 22.5. The van der Waals surface area contributed by atoms with E-state index in [9.17, 15) is 20.4 Å². The van der Waals surface area contributed by atoms with Gasteiger partial charge in [-0.15, -0.1) is 0 Å². The normalized spacial score (nSPS) is 44.4. The number of aliphatic hydroxyl groups excluding tert-OH is 3. The molecule has 7 heteroatoms. The highest BCUT2D eigenvalue weighted by atomic mass is 33.1. The zero-order chi connectivity index (χ0) is 37.9. The van der Waals surface area contributed by atoms with Gasteiger partial charge in [0.25, 0.3) is 0 Å². The van der Waals surface area contributed by atoms with E-state index in [1.165, 1.54) is 55.2 Å². The number of hydrogen-bond donors (Lipinski definition) is 4. The van der Waals surface area contributed by atoms with Gasteiger partial charge in [0.1, 0.15) is 0 Å². The van der Waals surface area contributed by atoms with E-state index in [2.05, 4.69) is 78.1 Å². The number of aryl methyl sites for hydroxylation is 2. The van der Waals surface area contributed by atoms with E-state index >= 15 is 0 Å². The summed E-state index contributed by atoms with van der Waals surface area (Å²) < 4.78 is 0. The monoisotopic (exact) mass is 787 g/mol. The SMILES string of the molecule is CC1(O)C2CCC3C(CC4C3CC(O)C3CC(O)CCC34C)C2CN2CC3CCC(CCc4ccccc4)c4ccc(CCCO)cc4CSSCC(C3)C21. The maximum atomic E-state index is 13.0. The van der Waals surface area contributed by atoms with Crippen molar-refractivity contribution in [1.82, 2.24) is 4.90 Å². The van der Waals surface area contributed by atoms with Crippen LogP contribution >= 0.6 is 21.6 Å². The number of aliphatic hydroxyl groups is 4. The molecule has 9 rings (SSSR count). The Labute approximate surface area is 339 Å². The summed E-state index contributed by atoms with van der Waals surface area (Å²) in [6, 6.07) is 18.5. The van der Waals surface area contributed by atoms with Crippen molar-refractivity contribution in [3.05, 3.63) is 70.8 Å². The minimum absolute atomic E-state index is 0.131. The van der Waals surface area contributed by atoms with Crippen LogP contribution in [0.3, 0.4) is 0 Å². The molecule has 4 saturated carbocycles. The van der Waals surface area contributed by atoms with Crippen molar-refractivity contribution in [1.29, 1.82) is 0 Å². The van der Waals surface area contributed by atoms with Gasteiger partial charge in [-0.05, 0) is 184 Å². The molecule has 5 nitrogen and oxygen atoms in total. The predicted molar refractivity (Wildman–Crippen MR) is 227 cm³/mol. The summed E-state index contributed by atoms with van der Waals surface area (Å²) in [5, 5.41) is 44.7. The molecule has 2 bridgehead atoms. The molecule has 15 atom stereocenters. The molecule has 0 amide bonds. The van der Waals surface area contributed by atoms with Crippen LogP contribution in [0.1, 0.15) is 119 Å². The van der Waals surface area contributed by atoms with Crippen LogP contribution in [0.2, 0.25) is 0 Å². The van der Waals surface area contributed by atoms with Crippen molar-refractivity contribution >= 4 is 21.6 Å². The molecule has 3 aliphatic heterocycles. The van der Waals surface area contributed by atoms with Crippen LogP contribution in [-0.4, -0.2) is 74.6 Å². The summed E-state index contributed by atoms with van der Waals surface area (Å²) in [7, 11) is 4.09. The Kier molecular flexibility index (Phi) is 11.6. The molecule has 4 aliphatic carbocycles. The van der Waals surface area contributed by atoms with E-state index in [1.807, 2.05) is 10.8 Å². The van der Waals surface area contributed by atoms with E-state index in [-0.39, 0.29) is 36.2 Å². The van der Waals surface area contributed by atoms with Crippen LogP contribution in [0.5, 0.6) is 0 Å². The van der Waals surface area contributed by atoms with Gasteiger partial charge in [-0.1, -0.05) is 77.0 Å². The fourth-order valence-corrected chi connectivity index (χ4v) is 17.5. The van der Waals surface area contributed by atoms with Crippen molar-refractivity contribution in [3.8, 4) is 0 Å². The Morgan fingerprint density at radius 2 is 1.62 bits per heavy atom. The third-order valence-corrected chi connectivity index (χ3v) is 19.8. The van der Waals surface area contributed by atoms with Gasteiger partial charge in [0.2, 0.25) is 0 Å². The third kappa shape index (κ3) is 7.43. The summed E-state index contributed by atoms with van der Waals surface area (Å²) in [6.07, 6.45) is 14.5. The zero-order valence-corrected chi connectivity index (χ0v) is 35.2. The van der Waals surface area contributed by atoms with Crippen molar-refractivity contribution < 1.29 is 20.4 Å². The Morgan fingerprint density at radius 1 is 0.764 bits per heavy atom. The molecule has 3 heterocycles. The first-order chi connectivity index (χ1) is 26.6. The van der Waals surface area contributed by atoms with Gasteiger partial charge in [-0.25, -0.2) is 0 Å². The topological polar surface area (TPSA) is 84.2 Å². The summed E-state index contributed by atoms with van der Waals surface area (Å²) >= 11 is 0. The summed E-state index contributed by atoms with van der Waals surface area (Å²) in [5.41, 5.74) is 5.28. The van der Waals surface area contributed by atoms with Gasteiger partial charge >= 0.3 is 0 Å². The molecular weight excluding hydrogens is 719 g/mol. The van der Waals surface area contributed by atoms with Crippen LogP contribution < -0.4 is 0 Å². The van der Waals surface area contributed by atoms with Gasteiger partial charge in [0, 0.05) is 37.2 Å². The van der Waals surface area contributed by atoms with Crippen molar-refractivity contribution in [2.75, 3.05) is 25.4 Å². The predicted octanol–water partition coefficient (Wildman–Crippen LogP) is 8.90. The Bertz CT molecular complexity index is 1620. The number of nitrogens with zero attached hydrogens (tertiary/aromatic N) is 1. The number of benzene rings is 2. The maximum Gasteiger partial charge on any atom is 0.0808 e. The Hall–Kier alpha value is -1.06. The fraction of sp³-hybridized carbons (Fsp3) is 0.750. The highest BCUT2D eigenvalue weighted by Gasteiger charge is 2.65. The molecule has 0 spiro atoms. The molecule has 15 unspecified atom stereocenters. The van der Waals surface area contributed by atoms with Crippen molar-refractivity contribution in [3.63, 3.8) is 0 Å². The number of fused-ring (bicyclic) bond motifs is 12. The smallest absolute Gasteiger partial charge is 0.0808 e. The minimum atomic E-state index is -0.688. The lowest BCUT2D eigenvalue weighted by molar-refractivity contribution is -0.190. The molecular formula is C48H69NO4S2. The fourth-order valence-electron chi connectivity index (χ4n) is 15.0. The van der Waals surface area contributed by atoms with Gasteiger partial charge in [0.15, 0.2) is 0 Å². The number of piperidine rings is 2. The molecule has 6 fully saturated rings. The second-order valence-corrected chi connectivity index (χ2v) is 22.7. The lowest BCUT2D eigenvalue weighted by Crippen LogP contribution is -2.70. The number of rotatable bonds is 6. The molecule has 7 aliphatic rings. The van der Waals surface area contributed by atoms with Gasteiger partial charge < -0.3 is 20.4 Å². The zero-order valence-electron chi connectivity index (χ0n) is 33.6. The first kappa shape index (κ1) is 39.4. The van der Waals surface area contributed by atoms with E-state index in [0.717, 1.165) is 76.0 Å². The summed E-state index contributed by atoms with van der Waals surface area (Å²) in [5.74, 6) is 7.49. The van der Waals surface area contributed by atoms with Crippen molar-refractivity contribution in [2.24, 2.45) is 58.7 Å². The molecule has 2 aromatic rings. The highest BCUT2D eigenvalue weighted by Crippen LogP contribution is 2.67. The van der Waals surface area contributed by atoms with Gasteiger partial charge in [0.05, 0.1) is 17.8 Å². The van der Waals surface area contributed by atoms with Crippen LogP contribution in [0, 0.1) is 58.7 Å². The third-order valence-electron chi connectivity index (χ3n) is 17.4. The lowest BCUT2D eigenvalue weighted by atomic mass is 9.51. The average Bonchev–Trinajstić information content (AvgIpc) is 3.56. The molecule has 0 aromatic heterocycles. The average molecular weight is 788 g/mol. The summed E-state index contributed by atoms with van der Waals surface area (Å²) in [6.45, 7) is 7.25. The first-order valence-corrected chi connectivity index (χ1v) is 25.0. The molecule has 4 N–H and O–H groups in total. The highest BCUT2D eigenvalue weighted by molar-refractivity contribution is 8.76. The van der Waals surface area contributed by atoms with E-state index < -0.39 is 5.60 Å². The van der Waals surface area contributed by atoms with Crippen LogP contribution in [0.4, 0.5) is 0 Å². The second-order valence-electron chi connectivity index (χ2n) is 20.2. The Morgan fingerprint density at radius 3 is 2.45 bits per heavy atom. The largest absolute Gasteiger partial charge is 0.396 e. The van der Waals surface area contributed by atoms with E-state index in [4.69, 9.17) is 0 Å². The van der Waals surface area contributed by atoms with Crippen LogP contribution in [0.25, 0.3) is 0 Å².